The van der Waals surface area contributed by atoms with Crippen molar-refractivity contribution in [3.05, 3.63) is 52.5 Å². The molecule has 0 atom stereocenters. The minimum Gasteiger partial charge on any atom is -0.366 e. The number of nitrogens with zero attached hydrogens (tertiary/aromatic N) is 5. The first-order chi connectivity index (χ1) is 12.6. The molecule has 8 heteroatoms. The molecule has 136 valence electrons. The highest BCUT2D eigenvalue weighted by atomic mass is 79.9. The quantitative estimate of drug-likeness (QED) is 0.503. The molecule has 0 bridgehead atoms. The van der Waals surface area contributed by atoms with Crippen LogP contribution in [0.25, 0.3) is 5.65 Å². The first-order valence-corrected chi connectivity index (χ1v) is 9.55. The Morgan fingerprint density at radius 2 is 2.19 bits per heavy atom. The van der Waals surface area contributed by atoms with Crippen LogP contribution in [-0.2, 0) is 6.54 Å². The Morgan fingerprint density at radius 1 is 1.38 bits per heavy atom. The van der Waals surface area contributed by atoms with Crippen LogP contribution in [0.3, 0.4) is 0 Å². The van der Waals surface area contributed by atoms with Crippen molar-refractivity contribution in [2.24, 2.45) is 0 Å². The zero-order valence-electron chi connectivity index (χ0n) is 14.6. The average Bonchev–Trinajstić information content (AvgIpc) is 3.02. The summed E-state index contributed by atoms with van der Waals surface area (Å²) in [6.45, 7) is 2.79. The summed E-state index contributed by atoms with van der Waals surface area (Å²) in [6.07, 6.45) is 7.29. The molecule has 0 saturated carbocycles. The Balaban J connectivity index is 1.64. The van der Waals surface area contributed by atoms with E-state index in [4.69, 9.17) is 4.98 Å². The Hall–Kier alpha value is -2.19. The molecule has 26 heavy (non-hydrogen) atoms. The fourth-order valence-electron chi connectivity index (χ4n) is 3.40. The van der Waals surface area contributed by atoms with Crippen molar-refractivity contribution in [2.75, 3.05) is 25.5 Å². The zero-order chi connectivity index (χ0) is 18.1. The highest BCUT2D eigenvalue weighted by Gasteiger charge is 2.22. The predicted octanol–water partition coefficient (Wildman–Crippen LogP) is 2.44. The van der Waals surface area contributed by atoms with Gasteiger partial charge in [-0.15, -0.1) is 0 Å². The molecular weight excluding hydrogens is 396 g/mol. The summed E-state index contributed by atoms with van der Waals surface area (Å²) in [5.74, 6) is 1.37. The van der Waals surface area contributed by atoms with E-state index >= 15 is 0 Å². The molecule has 1 saturated heterocycles. The second-order valence-corrected chi connectivity index (χ2v) is 7.67. The molecule has 1 aliphatic rings. The number of likely N-dealkylation sites (tertiary alicyclic amines) is 1. The lowest BCUT2D eigenvalue weighted by molar-refractivity contribution is -0.905. The number of fused-ring (bicyclic) bond motifs is 1. The summed E-state index contributed by atoms with van der Waals surface area (Å²) < 4.78 is 3.77. The summed E-state index contributed by atoms with van der Waals surface area (Å²) in [5, 5.41) is 17.4. The maximum Gasteiger partial charge on any atom is 0.227 e. The summed E-state index contributed by atoms with van der Waals surface area (Å²) in [5.41, 5.74) is 2.92. The molecule has 1 fully saturated rings. The molecule has 7 nitrogen and oxygen atoms in total. The number of rotatable bonds is 4. The van der Waals surface area contributed by atoms with Crippen LogP contribution in [0.1, 0.15) is 30.0 Å². The second-order valence-electron chi connectivity index (χ2n) is 6.82. The van der Waals surface area contributed by atoms with E-state index in [1.807, 2.05) is 16.6 Å². The Morgan fingerprint density at radius 3 is 2.96 bits per heavy atom. The molecule has 2 N–H and O–H groups in total. The zero-order valence-corrected chi connectivity index (χ0v) is 16.2. The molecule has 1 aliphatic heterocycles. The van der Waals surface area contributed by atoms with Crippen LogP contribution in [0.4, 0.5) is 5.82 Å². The Bertz CT molecular complexity index is 919. The third-order valence-electron chi connectivity index (χ3n) is 4.91. The number of nitrogens with one attached hydrogen (secondary N) is 1. The normalized spacial score (nSPS) is 16.2. The predicted molar refractivity (Wildman–Crippen MR) is 101 cm³/mol. The van der Waals surface area contributed by atoms with Crippen LogP contribution in [0.5, 0.6) is 0 Å². The molecule has 0 radical (unpaired) electrons. The largest absolute Gasteiger partial charge is 0.366 e. The molecule has 0 spiro atoms. The van der Waals surface area contributed by atoms with Crippen LogP contribution in [0, 0.1) is 0 Å². The van der Waals surface area contributed by atoms with Crippen LogP contribution in [0.15, 0.2) is 41.3 Å². The van der Waals surface area contributed by atoms with Gasteiger partial charge in [0.2, 0.25) is 12.4 Å². The van der Waals surface area contributed by atoms with Gasteiger partial charge in [0.05, 0.1) is 10.7 Å². The molecule has 3 aromatic heterocycles. The van der Waals surface area contributed by atoms with Crippen molar-refractivity contribution >= 4 is 27.4 Å². The fourth-order valence-corrected chi connectivity index (χ4v) is 3.75. The first-order valence-electron chi connectivity index (χ1n) is 8.76. The van der Waals surface area contributed by atoms with Crippen LogP contribution in [-0.4, -0.2) is 44.8 Å². The monoisotopic (exact) mass is 417 g/mol. The molecule has 0 aliphatic carbocycles. The lowest BCUT2D eigenvalue weighted by Gasteiger charge is -2.28. The van der Waals surface area contributed by atoms with Crippen molar-refractivity contribution in [3.8, 4) is 0 Å². The number of aromatic nitrogens is 4. The molecule has 3 aromatic rings. The number of pyridine rings is 1. The summed E-state index contributed by atoms with van der Waals surface area (Å²) >= 11 is 3.56. The number of hydrogen-bond acceptors (Lipinski definition) is 5. The van der Waals surface area contributed by atoms with Gasteiger partial charge in [0.25, 0.3) is 0 Å². The van der Waals surface area contributed by atoms with Gasteiger partial charge in [-0.05, 0) is 55.0 Å². The van der Waals surface area contributed by atoms with E-state index in [2.05, 4.69) is 44.4 Å². The lowest BCUT2D eigenvalue weighted by Crippen LogP contribution is -2.29. The van der Waals surface area contributed by atoms with Gasteiger partial charge < -0.3 is 10.2 Å². The van der Waals surface area contributed by atoms with Gasteiger partial charge in [-0.25, -0.2) is 4.98 Å². The van der Waals surface area contributed by atoms with Crippen molar-refractivity contribution in [1.29, 1.82) is 0 Å². The van der Waals surface area contributed by atoms with Gasteiger partial charge in [-0.3, -0.25) is 5.21 Å². The van der Waals surface area contributed by atoms with Gasteiger partial charge in [0.1, 0.15) is 5.82 Å². The molecule has 0 unspecified atom stereocenters. The number of halogens is 1. The van der Waals surface area contributed by atoms with Gasteiger partial charge >= 0.3 is 0 Å². The van der Waals surface area contributed by atoms with Gasteiger partial charge in [0, 0.05) is 40.6 Å². The second kappa shape index (κ2) is 7.20. The highest BCUT2D eigenvalue weighted by molar-refractivity contribution is 9.10. The van der Waals surface area contributed by atoms with Gasteiger partial charge in [0.15, 0.2) is 5.65 Å². The fraction of sp³-hybridized carbons (Fsp3) is 0.389. The van der Waals surface area contributed by atoms with Crippen LogP contribution in [0.2, 0.25) is 0 Å². The SMILES string of the molecule is CN1CCC(c2cc(NCc3ccc[n+](O)c3)n3ncc(Br)c3n2)CC1. The minimum atomic E-state index is 0.467. The Labute approximate surface area is 160 Å². The molecular formula is C18H22BrN6O+. The molecule has 4 heterocycles. The number of piperidine rings is 1. The van der Waals surface area contributed by atoms with Gasteiger partial charge in [-0.2, -0.15) is 9.61 Å². The number of hydrogen-bond donors (Lipinski definition) is 2. The van der Waals surface area contributed by atoms with E-state index in [0.717, 1.165) is 57.9 Å². The van der Waals surface area contributed by atoms with Gasteiger partial charge in [-0.1, -0.05) is 0 Å². The van der Waals surface area contributed by atoms with Crippen LogP contribution >= 0.6 is 15.9 Å². The van der Waals surface area contributed by atoms with E-state index in [0.29, 0.717) is 12.5 Å². The highest BCUT2D eigenvalue weighted by Crippen LogP contribution is 2.30. The molecule has 0 aromatic carbocycles. The third-order valence-corrected chi connectivity index (χ3v) is 5.47. The van der Waals surface area contributed by atoms with E-state index in [1.54, 1.807) is 18.6 Å². The first kappa shape index (κ1) is 17.2. The standard InChI is InChI=1S/C18H22BrN6O/c1-23-7-4-14(5-8-23)16-9-17(25-18(22-16)15(19)11-21-25)20-10-13-3-2-6-24(26)12-13/h2-3,6,9,11-12,14,20,26H,4-5,7-8,10H2,1H3/q+1. The summed E-state index contributed by atoms with van der Waals surface area (Å²) in [7, 11) is 2.17. The lowest BCUT2D eigenvalue weighted by atomic mass is 9.93. The third kappa shape index (κ3) is 3.52. The Kier molecular flexibility index (Phi) is 4.78. The molecule has 4 rings (SSSR count). The van der Waals surface area contributed by atoms with E-state index < -0.39 is 0 Å². The van der Waals surface area contributed by atoms with E-state index in [-0.39, 0.29) is 0 Å². The van der Waals surface area contributed by atoms with Crippen molar-refractivity contribution in [3.63, 3.8) is 0 Å². The van der Waals surface area contributed by atoms with E-state index in [9.17, 15) is 5.21 Å². The maximum absolute atomic E-state index is 9.57. The minimum absolute atomic E-state index is 0.467. The molecule has 0 amide bonds. The van der Waals surface area contributed by atoms with Crippen molar-refractivity contribution in [2.45, 2.75) is 25.3 Å². The topological polar surface area (TPSA) is 69.6 Å². The summed E-state index contributed by atoms with van der Waals surface area (Å²) in [4.78, 5) is 7.23. The van der Waals surface area contributed by atoms with Crippen LogP contribution < -0.4 is 10.0 Å². The average molecular weight is 418 g/mol. The summed E-state index contributed by atoms with van der Waals surface area (Å²) in [6, 6.07) is 5.89. The van der Waals surface area contributed by atoms with Crippen molar-refractivity contribution in [1.82, 2.24) is 19.5 Å². The van der Waals surface area contributed by atoms with Crippen molar-refractivity contribution < 1.29 is 9.94 Å². The van der Waals surface area contributed by atoms with E-state index in [1.165, 1.54) is 0 Å². The smallest absolute Gasteiger partial charge is 0.227 e. The number of anilines is 1. The maximum atomic E-state index is 9.57.